The Hall–Kier alpha value is -0.570. The number of nitrogens with two attached hydrogens (primary N) is 1. The largest absolute Gasteiger partial charge is 0.356 e. The SMILES string of the molecule is CC(C)C(C)CNC(=O)CC1(N)CCCC1. The lowest BCUT2D eigenvalue weighted by Crippen LogP contribution is -2.43. The molecule has 0 bridgehead atoms. The molecule has 1 amide bonds. The van der Waals surface area contributed by atoms with Gasteiger partial charge in [-0.1, -0.05) is 33.6 Å². The lowest BCUT2D eigenvalue weighted by atomic mass is 9.94. The average Bonchev–Trinajstić information content (AvgIpc) is 2.60. The molecule has 0 spiro atoms. The first-order valence-corrected chi connectivity index (χ1v) is 6.48. The Labute approximate surface area is 99.2 Å². The van der Waals surface area contributed by atoms with Gasteiger partial charge in [-0.15, -0.1) is 0 Å². The van der Waals surface area contributed by atoms with E-state index in [4.69, 9.17) is 5.73 Å². The molecule has 3 nitrogen and oxygen atoms in total. The third-order valence-electron chi connectivity index (χ3n) is 3.87. The van der Waals surface area contributed by atoms with Gasteiger partial charge in [0.15, 0.2) is 0 Å². The normalized spacial score (nSPS) is 21.1. The Morgan fingerprint density at radius 3 is 2.38 bits per heavy atom. The van der Waals surface area contributed by atoms with E-state index in [2.05, 4.69) is 26.1 Å². The molecule has 1 saturated carbocycles. The van der Waals surface area contributed by atoms with E-state index in [-0.39, 0.29) is 11.4 Å². The maximum absolute atomic E-state index is 11.7. The van der Waals surface area contributed by atoms with Crippen molar-refractivity contribution >= 4 is 5.91 Å². The Balaban J connectivity index is 2.25. The summed E-state index contributed by atoms with van der Waals surface area (Å²) in [6.45, 7) is 7.29. The zero-order valence-corrected chi connectivity index (χ0v) is 10.9. The maximum Gasteiger partial charge on any atom is 0.221 e. The van der Waals surface area contributed by atoms with Crippen LogP contribution in [0.4, 0.5) is 0 Å². The smallest absolute Gasteiger partial charge is 0.221 e. The van der Waals surface area contributed by atoms with E-state index >= 15 is 0 Å². The molecule has 1 fully saturated rings. The second-order valence-electron chi connectivity index (χ2n) is 5.77. The van der Waals surface area contributed by atoms with Crippen molar-refractivity contribution in [1.82, 2.24) is 5.32 Å². The van der Waals surface area contributed by atoms with Gasteiger partial charge in [0.2, 0.25) is 5.91 Å². The van der Waals surface area contributed by atoms with Gasteiger partial charge in [-0.05, 0) is 24.7 Å². The number of rotatable bonds is 5. The van der Waals surface area contributed by atoms with Gasteiger partial charge in [-0.25, -0.2) is 0 Å². The van der Waals surface area contributed by atoms with Crippen LogP contribution < -0.4 is 11.1 Å². The molecule has 0 radical (unpaired) electrons. The lowest BCUT2D eigenvalue weighted by molar-refractivity contribution is -0.122. The fraction of sp³-hybridized carbons (Fsp3) is 0.923. The first-order valence-electron chi connectivity index (χ1n) is 6.48. The average molecular weight is 226 g/mol. The predicted molar refractivity (Wildman–Crippen MR) is 67.0 cm³/mol. The van der Waals surface area contributed by atoms with Crippen LogP contribution in [0.15, 0.2) is 0 Å². The van der Waals surface area contributed by atoms with E-state index in [1.807, 2.05) is 0 Å². The Morgan fingerprint density at radius 2 is 1.88 bits per heavy atom. The van der Waals surface area contributed by atoms with Gasteiger partial charge >= 0.3 is 0 Å². The van der Waals surface area contributed by atoms with E-state index < -0.39 is 0 Å². The van der Waals surface area contributed by atoms with Gasteiger partial charge in [-0.3, -0.25) is 4.79 Å². The molecule has 0 heterocycles. The topological polar surface area (TPSA) is 55.1 Å². The Kier molecular flexibility index (Phi) is 4.78. The van der Waals surface area contributed by atoms with E-state index in [1.54, 1.807) is 0 Å². The van der Waals surface area contributed by atoms with Crippen LogP contribution in [0, 0.1) is 11.8 Å². The van der Waals surface area contributed by atoms with E-state index in [0.29, 0.717) is 18.3 Å². The monoisotopic (exact) mass is 226 g/mol. The molecule has 1 aliphatic carbocycles. The molecule has 1 atom stereocenters. The van der Waals surface area contributed by atoms with Crippen molar-refractivity contribution in [2.45, 2.75) is 58.4 Å². The van der Waals surface area contributed by atoms with Gasteiger partial charge in [0, 0.05) is 18.5 Å². The highest BCUT2D eigenvalue weighted by Crippen LogP contribution is 2.29. The maximum atomic E-state index is 11.7. The summed E-state index contributed by atoms with van der Waals surface area (Å²) in [4.78, 5) is 11.7. The number of hydrogen-bond acceptors (Lipinski definition) is 2. The standard InChI is InChI=1S/C13H26N2O/c1-10(2)11(3)9-15-12(16)8-13(14)6-4-5-7-13/h10-11H,4-9,14H2,1-3H3,(H,15,16). The molecule has 3 heteroatoms. The summed E-state index contributed by atoms with van der Waals surface area (Å²) in [6, 6.07) is 0. The second kappa shape index (κ2) is 5.67. The highest BCUT2D eigenvalue weighted by molar-refractivity contribution is 5.77. The fourth-order valence-corrected chi connectivity index (χ4v) is 2.15. The summed E-state index contributed by atoms with van der Waals surface area (Å²) in [5.74, 6) is 1.26. The molecule has 0 aromatic rings. The second-order valence-corrected chi connectivity index (χ2v) is 5.77. The molecular formula is C13H26N2O. The van der Waals surface area contributed by atoms with Gasteiger partial charge in [0.1, 0.15) is 0 Å². The van der Waals surface area contributed by atoms with Gasteiger partial charge in [-0.2, -0.15) is 0 Å². The summed E-state index contributed by atoms with van der Waals surface area (Å²) in [5, 5.41) is 3.00. The predicted octanol–water partition coefficient (Wildman–Crippen LogP) is 2.06. The molecule has 1 rings (SSSR count). The van der Waals surface area contributed by atoms with Crippen molar-refractivity contribution in [3.63, 3.8) is 0 Å². The molecule has 1 aliphatic rings. The van der Waals surface area contributed by atoms with Crippen molar-refractivity contribution in [1.29, 1.82) is 0 Å². The number of hydrogen-bond donors (Lipinski definition) is 2. The summed E-state index contributed by atoms with van der Waals surface area (Å²) in [5.41, 5.74) is 5.95. The molecule has 16 heavy (non-hydrogen) atoms. The van der Waals surface area contributed by atoms with E-state index in [9.17, 15) is 4.79 Å². The Morgan fingerprint density at radius 1 is 1.31 bits per heavy atom. The van der Waals surface area contributed by atoms with Crippen molar-refractivity contribution < 1.29 is 4.79 Å². The summed E-state index contributed by atoms with van der Waals surface area (Å²) in [7, 11) is 0. The van der Waals surface area contributed by atoms with Crippen LogP contribution in [0.1, 0.15) is 52.9 Å². The molecule has 0 aromatic heterocycles. The van der Waals surface area contributed by atoms with Crippen molar-refractivity contribution in [2.24, 2.45) is 17.6 Å². The fourth-order valence-electron chi connectivity index (χ4n) is 2.15. The molecular weight excluding hydrogens is 200 g/mol. The van der Waals surface area contributed by atoms with Gasteiger partial charge in [0.05, 0.1) is 0 Å². The molecule has 1 unspecified atom stereocenters. The van der Waals surface area contributed by atoms with Crippen molar-refractivity contribution in [3.8, 4) is 0 Å². The lowest BCUT2D eigenvalue weighted by Gasteiger charge is -2.23. The number of carbonyl (C=O) groups excluding carboxylic acids is 1. The molecule has 0 aliphatic heterocycles. The van der Waals surface area contributed by atoms with Gasteiger partial charge in [0.25, 0.3) is 0 Å². The highest BCUT2D eigenvalue weighted by Gasteiger charge is 2.31. The summed E-state index contributed by atoms with van der Waals surface area (Å²) in [6.07, 6.45) is 4.84. The van der Waals surface area contributed by atoms with Crippen LogP contribution >= 0.6 is 0 Å². The minimum Gasteiger partial charge on any atom is -0.356 e. The molecule has 3 N–H and O–H groups in total. The van der Waals surface area contributed by atoms with Crippen LogP contribution in [-0.2, 0) is 4.79 Å². The van der Waals surface area contributed by atoms with E-state index in [0.717, 1.165) is 19.4 Å². The van der Waals surface area contributed by atoms with Gasteiger partial charge < -0.3 is 11.1 Å². The first kappa shape index (κ1) is 13.5. The minimum atomic E-state index is -0.217. The molecule has 0 saturated heterocycles. The third kappa shape index (κ3) is 4.12. The number of carbonyl (C=O) groups is 1. The van der Waals surface area contributed by atoms with Crippen LogP contribution in [-0.4, -0.2) is 18.0 Å². The quantitative estimate of drug-likeness (QED) is 0.754. The van der Waals surface area contributed by atoms with Crippen LogP contribution in [0.5, 0.6) is 0 Å². The summed E-state index contributed by atoms with van der Waals surface area (Å²) >= 11 is 0. The molecule has 94 valence electrons. The first-order chi connectivity index (χ1) is 7.43. The minimum absolute atomic E-state index is 0.122. The van der Waals surface area contributed by atoms with Crippen LogP contribution in [0.25, 0.3) is 0 Å². The number of amides is 1. The molecule has 0 aromatic carbocycles. The Bertz CT molecular complexity index is 232. The zero-order valence-electron chi connectivity index (χ0n) is 10.9. The zero-order chi connectivity index (χ0) is 12.2. The van der Waals surface area contributed by atoms with Crippen molar-refractivity contribution in [3.05, 3.63) is 0 Å². The summed E-state index contributed by atoms with van der Waals surface area (Å²) < 4.78 is 0. The van der Waals surface area contributed by atoms with Crippen molar-refractivity contribution in [2.75, 3.05) is 6.54 Å². The van der Waals surface area contributed by atoms with E-state index in [1.165, 1.54) is 12.8 Å². The third-order valence-corrected chi connectivity index (χ3v) is 3.87. The number of nitrogens with one attached hydrogen (secondary N) is 1. The highest BCUT2D eigenvalue weighted by atomic mass is 16.1. The van der Waals surface area contributed by atoms with Crippen LogP contribution in [0.2, 0.25) is 0 Å². The van der Waals surface area contributed by atoms with Crippen LogP contribution in [0.3, 0.4) is 0 Å².